The van der Waals surface area contributed by atoms with Gasteiger partial charge < -0.3 is 4.52 Å². The predicted molar refractivity (Wildman–Crippen MR) is 70.1 cm³/mol. The van der Waals surface area contributed by atoms with Crippen LogP contribution >= 0.6 is 11.6 Å². The molecule has 3 nitrogen and oxygen atoms in total. The molecule has 0 radical (unpaired) electrons. The first-order valence-corrected chi connectivity index (χ1v) is 6.72. The molecule has 0 saturated heterocycles. The Hall–Kier alpha value is -0.570. The number of rotatable bonds is 5. The zero-order chi connectivity index (χ0) is 13.1. The van der Waals surface area contributed by atoms with Crippen LogP contribution in [0.2, 0.25) is 0 Å². The second kappa shape index (κ2) is 5.85. The van der Waals surface area contributed by atoms with Gasteiger partial charge in [0.1, 0.15) is 0 Å². The molecule has 2 unspecified atom stereocenters. The number of hydrogen-bond donors (Lipinski definition) is 0. The third-order valence-corrected chi connectivity index (χ3v) is 3.11. The van der Waals surface area contributed by atoms with E-state index >= 15 is 0 Å². The van der Waals surface area contributed by atoms with E-state index in [2.05, 4.69) is 37.8 Å². The average Bonchev–Trinajstić information content (AvgIpc) is 2.62. The molecule has 0 aliphatic carbocycles. The minimum atomic E-state index is -0.134. The molecule has 1 aromatic rings. The highest BCUT2D eigenvalue weighted by atomic mass is 35.5. The molecule has 2 atom stereocenters. The zero-order valence-electron chi connectivity index (χ0n) is 11.5. The number of aromatic nitrogens is 2. The van der Waals surface area contributed by atoms with E-state index in [-0.39, 0.29) is 5.38 Å². The normalized spacial score (nSPS) is 15.9. The van der Waals surface area contributed by atoms with Crippen molar-refractivity contribution >= 4 is 11.6 Å². The van der Waals surface area contributed by atoms with Gasteiger partial charge in [0.05, 0.1) is 5.38 Å². The summed E-state index contributed by atoms with van der Waals surface area (Å²) >= 11 is 6.06. The van der Waals surface area contributed by atoms with Crippen molar-refractivity contribution in [3.63, 3.8) is 0 Å². The molecule has 0 aliphatic rings. The highest BCUT2D eigenvalue weighted by Gasteiger charge is 2.19. The lowest BCUT2D eigenvalue weighted by Gasteiger charge is -2.22. The van der Waals surface area contributed by atoms with E-state index in [0.29, 0.717) is 23.0 Å². The molecule has 0 N–H and O–H groups in total. The maximum Gasteiger partial charge on any atom is 0.226 e. The van der Waals surface area contributed by atoms with Crippen LogP contribution in [0, 0.1) is 11.3 Å². The Balaban J connectivity index is 2.54. The summed E-state index contributed by atoms with van der Waals surface area (Å²) in [6.07, 6.45) is 2.79. The standard InChI is InChI=1S/C13H23ClN2O/c1-6-10(14)12-15-11(17-16-12)7-9(2)8-13(3,4)5/h9-10H,6-8H2,1-5H3. The number of hydrogen-bond acceptors (Lipinski definition) is 3. The van der Waals surface area contributed by atoms with Gasteiger partial charge in [-0.25, -0.2) is 0 Å². The Morgan fingerprint density at radius 3 is 2.53 bits per heavy atom. The van der Waals surface area contributed by atoms with Crippen molar-refractivity contribution in [3.8, 4) is 0 Å². The summed E-state index contributed by atoms with van der Waals surface area (Å²) in [5, 5.41) is 3.78. The fraction of sp³-hybridized carbons (Fsp3) is 0.846. The monoisotopic (exact) mass is 258 g/mol. The maximum absolute atomic E-state index is 6.06. The number of halogens is 1. The summed E-state index contributed by atoms with van der Waals surface area (Å²) in [4.78, 5) is 4.34. The predicted octanol–water partition coefficient (Wildman–Crippen LogP) is 4.37. The van der Waals surface area contributed by atoms with E-state index in [1.54, 1.807) is 0 Å². The van der Waals surface area contributed by atoms with Crippen molar-refractivity contribution in [2.24, 2.45) is 11.3 Å². The fourth-order valence-corrected chi connectivity index (χ4v) is 2.17. The van der Waals surface area contributed by atoms with Crippen molar-refractivity contribution in [1.29, 1.82) is 0 Å². The molecule has 1 aromatic heterocycles. The van der Waals surface area contributed by atoms with Gasteiger partial charge in [-0.1, -0.05) is 39.8 Å². The molecule has 0 saturated carbocycles. The van der Waals surface area contributed by atoms with Crippen LogP contribution in [0.25, 0.3) is 0 Å². The maximum atomic E-state index is 6.06. The van der Waals surface area contributed by atoms with Crippen LogP contribution in [-0.4, -0.2) is 10.1 Å². The molecule has 98 valence electrons. The van der Waals surface area contributed by atoms with Crippen molar-refractivity contribution in [3.05, 3.63) is 11.7 Å². The number of alkyl halides is 1. The summed E-state index contributed by atoms with van der Waals surface area (Å²) in [7, 11) is 0. The summed E-state index contributed by atoms with van der Waals surface area (Å²) in [6.45, 7) is 11.0. The first-order valence-electron chi connectivity index (χ1n) is 6.28. The van der Waals surface area contributed by atoms with E-state index in [4.69, 9.17) is 16.1 Å². The average molecular weight is 259 g/mol. The Morgan fingerprint density at radius 2 is 2.00 bits per heavy atom. The van der Waals surface area contributed by atoms with E-state index in [9.17, 15) is 0 Å². The molecule has 0 amide bonds. The van der Waals surface area contributed by atoms with Gasteiger partial charge >= 0.3 is 0 Å². The van der Waals surface area contributed by atoms with Crippen molar-refractivity contribution < 1.29 is 4.52 Å². The lowest BCUT2D eigenvalue weighted by Crippen LogP contribution is -2.13. The Kier molecular flexibility index (Phi) is 4.99. The minimum absolute atomic E-state index is 0.134. The molecule has 0 aromatic carbocycles. The lowest BCUT2D eigenvalue weighted by atomic mass is 9.84. The Bertz CT molecular complexity index is 343. The summed E-state index contributed by atoms with van der Waals surface area (Å²) in [5.74, 6) is 1.86. The van der Waals surface area contributed by atoms with Gasteiger partial charge in [0.25, 0.3) is 0 Å². The zero-order valence-corrected chi connectivity index (χ0v) is 12.2. The first kappa shape index (κ1) is 14.5. The molecule has 17 heavy (non-hydrogen) atoms. The fourth-order valence-electron chi connectivity index (χ4n) is 2.08. The molecule has 0 bridgehead atoms. The van der Waals surface area contributed by atoms with Gasteiger partial charge in [0, 0.05) is 6.42 Å². The van der Waals surface area contributed by atoms with Crippen molar-refractivity contribution in [2.45, 2.75) is 59.3 Å². The van der Waals surface area contributed by atoms with Crippen LogP contribution in [0.5, 0.6) is 0 Å². The Morgan fingerprint density at radius 1 is 1.35 bits per heavy atom. The molecule has 0 spiro atoms. The highest BCUT2D eigenvalue weighted by Crippen LogP contribution is 2.27. The van der Waals surface area contributed by atoms with Crippen molar-refractivity contribution in [2.75, 3.05) is 0 Å². The van der Waals surface area contributed by atoms with Gasteiger partial charge in [-0.05, 0) is 24.2 Å². The van der Waals surface area contributed by atoms with Crippen LogP contribution in [0.4, 0.5) is 0 Å². The van der Waals surface area contributed by atoms with Crippen LogP contribution in [0.15, 0.2) is 4.52 Å². The first-order chi connectivity index (χ1) is 7.81. The number of nitrogens with zero attached hydrogens (tertiary/aromatic N) is 2. The van der Waals surface area contributed by atoms with E-state index < -0.39 is 0 Å². The lowest BCUT2D eigenvalue weighted by molar-refractivity contribution is 0.282. The highest BCUT2D eigenvalue weighted by molar-refractivity contribution is 6.20. The molecule has 1 rings (SSSR count). The van der Waals surface area contributed by atoms with Crippen molar-refractivity contribution in [1.82, 2.24) is 10.1 Å². The molecule has 0 fully saturated rings. The molecule has 1 heterocycles. The molecule has 4 heteroatoms. The van der Waals surface area contributed by atoms with E-state index in [0.717, 1.165) is 19.3 Å². The van der Waals surface area contributed by atoms with Gasteiger partial charge in [-0.15, -0.1) is 11.6 Å². The van der Waals surface area contributed by atoms with Gasteiger partial charge in [-0.2, -0.15) is 4.98 Å². The third kappa shape index (κ3) is 5.07. The smallest absolute Gasteiger partial charge is 0.226 e. The third-order valence-electron chi connectivity index (χ3n) is 2.61. The van der Waals surface area contributed by atoms with Gasteiger partial charge in [-0.3, -0.25) is 0 Å². The molecular formula is C13H23ClN2O. The molecule has 0 aliphatic heterocycles. The van der Waals surface area contributed by atoms with Crippen LogP contribution in [0.1, 0.15) is 64.6 Å². The second-order valence-electron chi connectivity index (χ2n) is 6.00. The molecular weight excluding hydrogens is 236 g/mol. The second-order valence-corrected chi connectivity index (χ2v) is 6.52. The van der Waals surface area contributed by atoms with E-state index in [1.165, 1.54) is 0 Å². The minimum Gasteiger partial charge on any atom is -0.339 e. The topological polar surface area (TPSA) is 38.9 Å². The largest absolute Gasteiger partial charge is 0.339 e. The summed E-state index contributed by atoms with van der Waals surface area (Å²) in [5.41, 5.74) is 0.334. The Labute approximate surface area is 109 Å². The summed E-state index contributed by atoms with van der Waals surface area (Å²) in [6, 6.07) is 0. The SMILES string of the molecule is CCC(Cl)c1noc(CC(C)CC(C)(C)C)n1. The van der Waals surface area contributed by atoms with Crippen LogP contribution in [-0.2, 0) is 6.42 Å². The van der Waals surface area contributed by atoms with Gasteiger partial charge in [0.15, 0.2) is 5.82 Å². The van der Waals surface area contributed by atoms with Crippen LogP contribution < -0.4 is 0 Å². The van der Waals surface area contributed by atoms with E-state index in [1.807, 2.05) is 6.92 Å². The van der Waals surface area contributed by atoms with Crippen LogP contribution in [0.3, 0.4) is 0 Å². The van der Waals surface area contributed by atoms with Gasteiger partial charge in [0.2, 0.25) is 5.89 Å². The quantitative estimate of drug-likeness (QED) is 0.736. The summed E-state index contributed by atoms with van der Waals surface area (Å²) < 4.78 is 5.23.